The van der Waals surface area contributed by atoms with E-state index >= 15 is 0 Å². The Hall–Kier alpha value is -2.25. The van der Waals surface area contributed by atoms with Crippen LogP contribution < -0.4 is 4.74 Å². The van der Waals surface area contributed by atoms with Crippen LogP contribution in [-0.4, -0.2) is 51.0 Å². The minimum absolute atomic E-state index is 0.0131. The predicted octanol–water partition coefficient (Wildman–Crippen LogP) is 5.99. The van der Waals surface area contributed by atoms with Gasteiger partial charge in [0.1, 0.15) is 5.75 Å². The van der Waals surface area contributed by atoms with Crippen LogP contribution in [0, 0.1) is 11.8 Å². The van der Waals surface area contributed by atoms with Crippen molar-refractivity contribution >= 4 is 5.97 Å². The van der Waals surface area contributed by atoms with E-state index in [0.717, 1.165) is 12.5 Å². The quantitative estimate of drug-likeness (QED) is 0.186. The third kappa shape index (κ3) is 9.55. The summed E-state index contributed by atoms with van der Waals surface area (Å²) in [4.78, 5) is 11.6. The molecule has 0 radical (unpaired) electrons. The van der Waals surface area contributed by atoms with Crippen LogP contribution in [0.2, 0.25) is 0 Å². The molecule has 1 aliphatic rings. The van der Waals surface area contributed by atoms with Crippen LogP contribution >= 0.6 is 0 Å². The summed E-state index contributed by atoms with van der Waals surface area (Å²) in [6.45, 7) is 2.93. The predicted molar refractivity (Wildman–Crippen MR) is 128 cm³/mol. The summed E-state index contributed by atoms with van der Waals surface area (Å²) < 4.78 is 50.6. The maximum Gasteiger partial charge on any atom is 0.306 e. The van der Waals surface area contributed by atoms with E-state index in [2.05, 4.69) is 0 Å². The number of carbonyl (C=O) groups is 1. The molecule has 0 saturated heterocycles. The van der Waals surface area contributed by atoms with Gasteiger partial charge in [-0.15, -0.1) is 0 Å². The summed E-state index contributed by atoms with van der Waals surface area (Å²) in [6, 6.07) is 8.58. The molecule has 2 rings (SSSR count). The number of halogens is 2. The molecule has 34 heavy (non-hydrogen) atoms. The fraction of sp³-hybridized carbons (Fsp3) is 0.593. The average molecular weight is 481 g/mol. The monoisotopic (exact) mass is 480 g/mol. The second-order valence-electron chi connectivity index (χ2n) is 8.89. The number of ether oxygens (including phenoxy) is 4. The molecule has 1 aromatic rings. The van der Waals surface area contributed by atoms with Crippen molar-refractivity contribution in [3.05, 3.63) is 54.6 Å². The maximum absolute atomic E-state index is 14.5. The molecule has 0 amide bonds. The first-order chi connectivity index (χ1) is 16.3. The minimum Gasteiger partial charge on any atom is -0.487 e. The van der Waals surface area contributed by atoms with Gasteiger partial charge in [0.05, 0.1) is 18.3 Å². The molecular formula is C27H38F2O5. The van der Waals surface area contributed by atoms with E-state index in [1.54, 1.807) is 50.6 Å². The van der Waals surface area contributed by atoms with Crippen molar-refractivity contribution in [1.29, 1.82) is 0 Å². The zero-order chi connectivity index (χ0) is 25.0. The molecule has 0 aliphatic heterocycles. The zero-order valence-corrected chi connectivity index (χ0v) is 20.6. The fourth-order valence-electron chi connectivity index (χ4n) is 4.24. The summed E-state index contributed by atoms with van der Waals surface area (Å²) in [6.07, 6.45) is 9.33. The van der Waals surface area contributed by atoms with Crippen LogP contribution in [0.5, 0.6) is 5.75 Å². The summed E-state index contributed by atoms with van der Waals surface area (Å²) in [5.74, 6) is -3.08. The van der Waals surface area contributed by atoms with Gasteiger partial charge in [-0.05, 0) is 57.2 Å². The lowest BCUT2D eigenvalue weighted by Gasteiger charge is -2.23. The number of alkyl halides is 2. The van der Waals surface area contributed by atoms with Gasteiger partial charge in [0, 0.05) is 33.0 Å². The van der Waals surface area contributed by atoms with Crippen LogP contribution in [0.15, 0.2) is 54.6 Å². The number of benzene rings is 1. The second kappa shape index (κ2) is 14.2. The third-order valence-electron chi connectivity index (χ3n) is 5.90. The molecule has 5 nitrogen and oxygen atoms in total. The number of esters is 1. The van der Waals surface area contributed by atoms with Crippen molar-refractivity contribution in [3.63, 3.8) is 0 Å². The molecule has 0 bridgehead atoms. The molecule has 7 heteroatoms. The topological polar surface area (TPSA) is 54.0 Å². The van der Waals surface area contributed by atoms with E-state index in [1.807, 2.05) is 26.0 Å². The SMILES string of the molecule is CO[C@H]1C[C@@H](OC)[C@H](/C=C/C(F)(F)COc2ccccc2)[C@H]1C/C=C/CCCC(=O)OC(C)C. The highest BCUT2D eigenvalue weighted by Crippen LogP contribution is 2.40. The molecule has 1 aliphatic carbocycles. The van der Waals surface area contributed by atoms with Gasteiger partial charge in [-0.2, -0.15) is 8.78 Å². The van der Waals surface area contributed by atoms with E-state index < -0.39 is 12.5 Å². The third-order valence-corrected chi connectivity index (χ3v) is 5.90. The van der Waals surface area contributed by atoms with E-state index in [4.69, 9.17) is 18.9 Å². The highest BCUT2D eigenvalue weighted by molar-refractivity contribution is 5.69. The first kappa shape index (κ1) is 28.0. The first-order valence-corrected chi connectivity index (χ1v) is 11.9. The molecule has 0 heterocycles. The smallest absolute Gasteiger partial charge is 0.306 e. The largest absolute Gasteiger partial charge is 0.487 e. The van der Waals surface area contributed by atoms with E-state index in [9.17, 15) is 13.6 Å². The number of methoxy groups -OCH3 is 2. The lowest BCUT2D eigenvalue weighted by Crippen LogP contribution is -2.26. The van der Waals surface area contributed by atoms with Crippen molar-refractivity contribution in [2.24, 2.45) is 11.8 Å². The van der Waals surface area contributed by atoms with Crippen LogP contribution in [-0.2, 0) is 19.0 Å². The first-order valence-electron chi connectivity index (χ1n) is 11.9. The van der Waals surface area contributed by atoms with Gasteiger partial charge in [0.25, 0.3) is 5.92 Å². The lowest BCUT2D eigenvalue weighted by molar-refractivity contribution is -0.147. The second-order valence-corrected chi connectivity index (χ2v) is 8.89. The van der Waals surface area contributed by atoms with Gasteiger partial charge < -0.3 is 18.9 Å². The van der Waals surface area contributed by atoms with Crippen molar-refractivity contribution in [3.8, 4) is 5.75 Å². The summed E-state index contributed by atoms with van der Waals surface area (Å²) in [5.41, 5.74) is 0. The number of unbranched alkanes of at least 4 members (excludes halogenated alkanes) is 1. The number of rotatable bonds is 14. The van der Waals surface area contributed by atoms with Crippen molar-refractivity contribution in [2.75, 3.05) is 20.8 Å². The normalized spacial score (nSPS) is 23.3. The molecule has 0 unspecified atom stereocenters. The molecule has 1 aromatic carbocycles. The Morgan fingerprint density at radius 2 is 1.82 bits per heavy atom. The van der Waals surface area contributed by atoms with E-state index in [-0.39, 0.29) is 36.1 Å². The molecule has 1 fully saturated rings. The molecule has 4 atom stereocenters. The summed E-state index contributed by atoms with van der Waals surface area (Å²) >= 11 is 0. The molecule has 0 spiro atoms. The Morgan fingerprint density at radius 3 is 2.47 bits per heavy atom. The molecular weight excluding hydrogens is 442 g/mol. The van der Waals surface area contributed by atoms with Gasteiger partial charge >= 0.3 is 5.97 Å². The standard InChI is InChI=1S/C27H38F2O5/c1-20(2)34-26(30)15-11-6-5-10-14-22-23(25(32-4)18-24(22)31-3)16-17-27(28,29)19-33-21-12-8-7-9-13-21/h5,7-10,12-13,16-17,20,22-25H,6,11,14-15,18-19H2,1-4H3/b10-5+,17-16+/t22-,23-,24+,25-/m1/s1. The Balaban J connectivity index is 1.93. The van der Waals surface area contributed by atoms with Crippen molar-refractivity contribution in [2.45, 2.75) is 70.2 Å². The molecule has 0 N–H and O–H groups in total. The average Bonchev–Trinajstić information content (AvgIpc) is 3.15. The summed E-state index contributed by atoms with van der Waals surface area (Å²) in [5, 5.41) is 0. The minimum atomic E-state index is -3.11. The Morgan fingerprint density at radius 1 is 1.12 bits per heavy atom. The molecule has 190 valence electrons. The van der Waals surface area contributed by atoms with Gasteiger partial charge in [0.15, 0.2) is 6.61 Å². The number of hydrogen-bond donors (Lipinski definition) is 0. The van der Waals surface area contributed by atoms with Crippen LogP contribution in [0.4, 0.5) is 8.78 Å². The van der Waals surface area contributed by atoms with E-state index in [1.165, 1.54) is 0 Å². The van der Waals surface area contributed by atoms with Gasteiger partial charge in [-0.3, -0.25) is 4.79 Å². The van der Waals surface area contributed by atoms with E-state index in [0.29, 0.717) is 31.4 Å². The zero-order valence-electron chi connectivity index (χ0n) is 20.6. The highest BCUT2D eigenvalue weighted by atomic mass is 19.3. The van der Waals surface area contributed by atoms with Crippen molar-refractivity contribution < 1.29 is 32.5 Å². The van der Waals surface area contributed by atoms with Gasteiger partial charge in [0.2, 0.25) is 0 Å². The van der Waals surface area contributed by atoms with Crippen LogP contribution in [0.1, 0.15) is 46.0 Å². The number of carbonyl (C=O) groups excluding carboxylic acids is 1. The number of hydrogen-bond acceptors (Lipinski definition) is 5. The van der Waals surface area contributed by atoms with Crippen LogP contribution in [0.3, 0.4) is 0 Å². The molecule has 1 saturated carbocycles. The summed E-state index contributed by atoms with van der Waals surface area (Å²) in [7, 11) is 3.24. The Kier molecular flexibility index (Phi) is 11.7. The molecule has 0 aromatic heterocycles. The fourth-order valence-corrected chi connectivity index (χ4v) is 4.24. The van der Waals surface area contributed by atoms with Crippen molar-refractivity contribution in [1.82, 2.24) is 0 Å². The van der Waals surface area contributed by atoms with Gasteiger partial charge in [-0.25, -0.2) is 0 Å². The van der Waals surface area contributed by atoms with Gasteiger partial charge in [-0.1, -0.05) is 36.4 Å². The Bertz CT molecular complexity index is 778. The maximum atomic E-state index is 14.5. The van der Waals surface area contributed by atoms with Crippen LogP contribution in [0.25, 0.3) is 0 Å². The number of para-hydroxylation sites is 1. The Labute approximate surface area is 202 Å². The lowest BCUT2D eigenvalue weighted by atomic mass is 9.89. The number of allylic oxidation sites excluding steroid dienone is 2. The highest BCUT2D eigenvalue weighted by Gasteiger charge is 2.42.